The largest absolute Gasteiger partial charge is 0.497 e. The van der Waals surface area contributed by atoms with Crippen molar-refractivity contribution in [2.24, 2.45) is 0 Å². The van der Waals surface area contributed by atoms with Crippen LogP contribution in [0.1, 0.15) is 25.3 Å². The Morgan fingerprint density at radius 2 is 2.06 bits per heavy atom. The number of ether oxygens (including phenoxy) is 1. The molecule has 17 heavy (non-hydrogen) atoms. The van der Waals surface area contributed by atoms with Crippen LogP contribution in [0.4, 0.5) is 0 Å². The van der Waals surface area contributed by atoms with E-state index >= 15 is 0 Å². The standard InChI is InChI=1S/C14H17NO2/c1-3-4-5-6-14(16)15-11-12-7-9-13(17-2)10-8-12/h7-10H,5-6,11H2,1-2H3,(H,15,16). The summed E-state index contributed by atoms with van der Waals surface area (Å²) in [6.45, 7) is 2.32. The van der Waals surface area contributed by atoms with Crippen LogP contribution in [0.2, 0.25) is 0 Å². The Hall–Kier alpha value is -1.95. The summed E-state index contributed by atoms with van der Waals surface area (Å²) < 4.78 is 5.06. The lowest BCUT2D eigenvalue weighted by atomic mass is 10.2. The van der Waals surface area contributed by atoms with Crippen LogP contribution in [0.25, 0.3) is 0 Å². The van der Waals surface area contributed by atoms with Crippen molar-refractivity contribution in [3.63, 3.8) is 0 Å². The third-order valence-electron chi connectivity index (χ3n) is 2.30. The highest BCUT2D eigenvalue weighted by atomic mass is 16.5. The lowest BCUT2D eigenvalue weighted by molar-refractivity contribution is -0.121. The van der Waals surface area contributed by atoms with Gasteiger partial charge in [0.2, 0.25) is 5.91 Å². The van der Waals surface area contributed by atoms with Gasteiger partial charge < -0.3 is 10.1 Å². The summed E-state index contributed by atoms with van der Waals surface area (Å²) in [6, 6.07) is 7.63. The topological polar surface area (TPSA) is 38.3 Å². The normalized spacial score (nSPS) is 9.06. The van der Waals surface area contributed by atoms with Crippen molar-refractivity contribution < 1.29 is 9.53 Å². The number of hydrogen-bond acceptors (Lipinski definition) is 2. The number of benzene rings is 1. The molecular formula is C14H17NO2. The van der Waals surface area contributed by atoms with Crippen molar-refractivity contribution in [1.82, 2.24) is 5.32 Å². The number of nitrogens with one attached hydrogen (secondary N) is 1. The van der Waals surface area contributed by atoms with Gasteiger partial charge in [-0.15, -0.1) is 11.8 Å². The van der Waals surface area contributed by atoms with E-state index in [1.807, 2.05) is 24.3 Å². The second kappa shape index (κ2) is 7.34. The van der Waals surface area contributed by atoms with Crippen LogP contribution in [0.3, 0.4) is 0 Å². The lowest BCUT2D eigenvalue weighted by Crippen LogP contribution is -2.22. The fraction of sp³-hybridized carbons (Fsp3) is 0.357. The predicted octanol–water partition coefficient (Wildman–Crippen LogP) is 2.11. The smallest absolute Gasteiger partial charge is 0.221 e. The fourth-order valence-corrected chi connectivity index (χ4v) is 1.33. The summed E-state index contributed by atoms with van der Waals surface area (Å²) in [7, 11) is 1.63. The maximum atomic E-state index is 11.4. The number of rotatable bonds is 5. The Bertz CT molecular complexity index is 412. The SMILES string of the molecule is CC#CCCC(=O)NCc1ccc(OC)cc1. The molecule has 0 aromatic heterocycles. The molecule has 0 unspecified atom stereocenters. The van der Waals surface area contributed by atoms with Gasteiger partial charge in [-0.1, -0.05) is 12.1 Å². The van der Waals surface area contributed by atoms with E-state index in [1.165, 1.54) is 0 Å². The van der Waals surface area contributed by atoms with E-state index in [-0.39, 0.29) is 5.91 Å². The molecule has 0 aliphatic heterocycles. The van der Waals surface area contributed by atoms with Crippen molar-refractivity contribution in [1.29, 1.82) is 0 Å². The zero-order valence-corrected chi connectivity index (χ0v) is 10.2. The van der Waals surface area contributed by atoms with Gasteiger partial charge >= 0.3 is 0 Å². The molecule has 0 saturated carbocycles. The van der Waals surface area contributed by atoms with Crippen LogP contribution in [0.15, 0.2) is 24.3 Å². The molecule has 0 spiro atoms. The number of methoxy groups -OCH3 is 1. The summed E-state index contributed by atoms with van der Waals surface area (Å²) in [4.78, 5) is 11.4. The molecule has 0 atom stereocenters. The molecule has 1 rings (SSSR count). The van der Waals surface area contributed by atoms with Gasteiger partial charge in [-0.25, -0.2) is 0 Å². The minimum Gasteiger partial charge on any atom is -0.497 e. The predicted molar refractivity (Wildman–Crippen MR) is 67.5 cm³/mol. The zero-order chi connectivity index (χ0) is 12.5. The van der Waals surface area contributed by atoms with Crippen LogP contribution in [0.5, 0.6) is 5.75 Å². The van der Waals surface area contributed by atoms with E-state index in [2.05, 4.69) is 17.2 Å². The molecular weight excluding hydrogens is 214 g/mol. The van der Waals surface area contributed by atoms with Gasteiger partial charge in [0.25, 0.3) is 0 Å². The van der Waals surface area contributed by atoms with Gasteiger partial charge in [0.15, 0.2) is 0 Å². The molecule has 3 nitrogen and oxygen atoms in total. The van der Waals surface area contributed by atoms with Crippen molar-refractivity contribution in [2.45, 2.75) is 26.3 Å². The molecule has 90 valence electrons. The highest BCUT2D eigenvalue weighted by molar-refractivity contribution is 5.76. The molecule has 0 radical (unpaired) electrons. The molecule has 1 aromatic carbocycles. The summed E-state index contributed by atoms with van der Waals surface area (Å²) in [6.07, 6.45) is 1.07. The number of hydrogen-bond donors (Lipinski definition) is 1. The summed E-state index contributed by atoms with van der Waals surface area (Å²) in [5.41, 5.74) is 1.06. The number of amides is 1. The van der Waals surface area contributed by atoms with E-state index in [1.54, 1.807) is 14.0 Å². The molecule has 0 fully saturated rings. The maximum absolute atomic E-state index is 11.4. The van der Waals surface area contributed by atoms with Crippen LogP contribution in [0, 0.1) is 11.8 Å². The fourth-order valence-electron chi connectivity index (χ4n) is 1.33. The molecule has 1 amide bonds. The first-order valence-corrected chi connectivity index (χ1v) is 5.55. The van der Waals surface area contributed by atoms with E-state index in [4.69, 9.17) is 4.74 Å². The molecule has 3 heteroatoms. The molecule has 0 bridgehead atoms. The van der Waals surface area contributed by atoms with Crippen LogP contribution < -0.4 is 10.1 Å². The monoisotopic (exact) mass is 231 g/mol. The second-order valence-electron chi connectivity index (χ2n) is 3.55. The van der Waals surface area contributed by atoms with Gasteiger partial charge in [-0.3, -0.25) is 4.79 Å². The first-order valence-electron chi connectivity index (χ1n) is 5.55. The molecule has 0 aliphatic rings. The minimum atomic E-state index is 0.0311. The van der Waals surface area contributed by atoms with Gasteiger partial charge in [0.05, 0.1) is 7.11 Å². The first kappa shape index (κ1) is 13.1. The Labute approximate surface area is 102 Å². The third-order valence-corrected chi connectivity index (χ3v) is 2.30. The maximum Gasteiger partial charge on any atom is 0.221 e. The van der Waals surface area contributed by atoms with Crippen LogP contribution >= 0.6 is 0 Å². The van der Waals surface area contributed by atoms with Crippen LogP contribution in [-0.4, -0.2) is 13.0 Å². The average molecular weight is 231 g/mol. The quantitative estimate of drug-likeness (QED) is 0.788. The molecule has 1 N–H and O–H groups in total. The highest BCUT2D eigenvalue weighted by Gasteiger charge is 2.00. The number of carbonyl (C=O) groups excluding carboxylic acids is 1. The van der Waals surface area contributed by atoms with Gasteiger partial charge in [0.1, 0.15) is 5.75 Å². The van der Waals surface area contributed by atoms with E-state index < -0.39 is 0 Å². The van der Waals surface area contributed by atoms with E-state index in [0.717, 1.165) is 11.3 Å². The first-order chi connectivity index (χ1) is 8.26. The minimum absolute atomic E-state index is 0.0311. The molecule has 0 saturated heterocycles. The molecule has 1 aromatic rings. The summed E-state index contributed by atoms with van der Waals surface area (Å²) in [5, 5.41) is 2.85. The van der Waals surface area contributed by atoms with Gasteiger partial charge in [-0.2, -0.15) is 0 Å². The van der Waals surface area contributed by atoms with Crippen molar-refractivity contribution in [3.8, 4) is 17.6 Å². The third kappa shape index (κ3) is 5.07. The lowest BCUT2D eigenvalue weighted by Gasteiger charge is -2.05. The molecule has 0 aliphatic carbocycles. The second-order valence-corrected chi connectivity index (χ2v) is 3.55. The van der Waals surface area contributed by atoms with Gasteiger partial charge in [0, 0.05) is 19.4 Å². The zero-order valence-electron chi connectivity index (χ0n) is 10.2. The summed E-state index contributed by atoms with van der Waals surface area (Å²) in [5.74, 6) is 6.48. The van der Waals surface area contributed by atoms with Crippen molar-refractivity contribution in [3.05, 3.63) is 29.8 Å². The van der Waals surface area contributed by atoms with Crippen LogP contribution in [-0.2, 0) is 11.3 Å². The van der Waals surface area contributed by atoms with Gasteiger partial charge in [-0.05, 0) is 24.6 Å². The highest BCUT2D eigenvalue weighted by Crippen LogP contribution is 2.10. The van der Waals surface area contributed by atoms with Crippen molar-refractivity contribution >= 4 is 5.91 Å². The average Bonchev–Trinajstić information content (AvgIpc) is 2.37. The summed E-state index contributed by atoms with van der Waals surface area (Å²) >= 11 is 0. The Morgan fingerprint density at radius 3 is 2.65 bits per heavy atom. The Kier molecular flexibility index (Phi) is 5.67. The Morgan fingerprint density at radius 1 is 1.35 bits per heavy atom. The number of carbonyl (C=O) groups is 1. The van der Waals surface area contributed by atoms with E-state index in [0.29, 0.717) is 19.4 Å². The van der Waals surface area contributed by atoms with E-state index in [9.17, 15) is 4.79 Å². The molecule has 0 heterocycles. The Balaban J connectivity index is 2.33. The van der Waals surface area contributed by atoms with Crippen molar-refractivity contribution in [2.75, 3.05) is 7.11 Å².